The maximum Gasteiger partial charge on any atom is 0.160 e. The number of benzene rings is 1. The lowest BCUT2D eigenvalue weighted by Crippen LogP contribution is -2.11. The Hall–Kier alpha value is -2.60. The zero-order valence-electron chi connectivity index (χ0n) is 12.8. The first-order valence-electron chi connectivity index (χ1n) is 7.86. The van der Waals surface area contributed by atoms with Crippen LogP contribution in [0.3, 0.4) is 0 Å². The lowest BCUT2D eigenvalue weighted by molar-refractivity contribution is 0.475. The van der Waals surface area contributed by atoms with Crippen molar-refractivity contribution in [1.82, 2.24) is 24.6 Å². The van der Waals surface area contributed by atoms with Gasteiger partial charge in [0, 0.05) is 32.0 Å². The van der Waals surface area contributed by atoms with Gasteiger partial charge in [0.1, 0.15) is 11.4 Å². The summed E-state index contributed by atoms with van der Waals surface area (Å²) >= 11 is 0. The smallest absolute Gasteiger partial charge is 0.160 e. The molecule has 0 saturated heterocycles. The zero-order chi connectivity index (χ0) is 15.6. The fraction of sp³-hybridized carbons (Fsp3) is 0.294. The zero-order valence-corrected chi connectivity index (χ0v) is 12.8. The summed E-state index contributed by atoms with van der Waals surface area (Å²) in [5, 5.41) is 17.5. The lowest BCUT2D eigenvalue weighted by atomic mass is 10.2. The number of fused-ring (bicyclic) bond motifs is 1. The van der Waals surface area contributed by atoms with Gasteiger partial charge in [-0.05, 0) is 36.7 Å². The second-order valence-corrected chi connectivity index (χ2v) is 5.82. The van der Waals surface area contributed by atoms with Crippen LogP contribution in [-0.2, 0) is 19.6 Å². The summed E-state index contributed by atoms with van der Waals surface area (Å²) in [4.78, 5) is 4.48. The van der Waals surface area contributed by atoms with E-state index in [1.165, 1.54) is 5.69 Å². The van der Waals surface area contributed by atoms with Gasteiger partial charge in [0.2, 0.25) is 0 Å². The Balaban J connectivity index is 1.63. The van der Waals surface area contributed by atoms with Crippen LogP contribution < -0.4 is 5.32 Å². The molecule has 0 spiro atoms. The molecule has 0 amide bonds. The number of hydrogen-bond donors (Lipinski definition) is 2. The van der Waals surface area contributed by atoms with E-state index in [1.807, 2.05) is 18.3 Å². The first kappa shape index (κ1) is 14.0. The van der Waals surface area contributed by atoms with E-state index in [-0.39, 0.29) is 5.75 Å². The third-order valence-corrected chi connectivity index (χ3v) is 4.13. The minimum absolute atomic E-state index is 0.282. The van der Waals surface area contributed by atoms with E-state index in [1.54, 1.807) is 18.3 Å². The number of nitrogens with one attached hydrogen (secondary N) is 1. The van der Waals surface area contributed by atoms with Crippen molar-refractivity contribution in [3.05, 3.63) is 54.0 Å². The summed E-state index contributed by atoms with van der Waals surface area (Å²) in [6, 6.07) is 9.37. The molecule has 23 heavy (non-hydrogen) atoms. The number of aryl methyl sites for hydroxylation is 1. The van der Waals surface area contributed by atoms with Gasteiger partial charge in [-0.25, -0.2) is 4.98 Å². The van der Waals surface area contributed by atoms with Crippen LogP contribution in [0.4, 0.5) is 0 Å². The average Bonchev–Trinajstić information content (AvgIpc) is 3.11. The molecule has 0 unspecified atom stereocenters. The fourth-order valence-corrected chi connectivity index (χ4v) is 2.94. The highest BCUT2D eigenvalue weighted by Gasteiger charge is 2.15. The van der Waals surface area contributed by atoms with Gasteiger partial charge in [0.15, 0.2) is 5.82 Å². The van der Waals surface area contributed by atoms with Crippen LogP contribution in [0.25, 0.3) is 11.5 Å². The third kappa shape index (κ3) is 2.85. The number of imidazole rings is 1. The maximum absolute atomic E-state index is 9.39. The predicted molar refractivity (Wildman–Crippen MR) is 87.0 cm³/mol. The number of hydrogen-bond acceptors (Lipinski definition) is 4. The molecule has 4 rings (SSSR count). The van der Waals surface area contributed by atoms with Crippen LogP contribution in [0.5, 0.6) is 5.75 Å². The number of phenolic OH excluding ortho intramolecular Hbond substituents is 1. The van der Waals surface area contributed by atoms with Gasteiger partial charge in [-0.2, -0.15) is 5.10 Å². The van der Waals surface area contributed by atoms with Gasteiger partial charge in [-0.1, -0.05) is 12.1 Å². The Bertz CT molecular complexity index is 779. The Morgan fingerprint density at radius 3 is 2.96 bits per heavy atom. The molecule has 1 aliphatic rings. The minimum atomic E-state index is 0.282. The van der Waals surface area contributed by atoms with E-state index in [2.05, 4.69) is 25.6 Å². The quantitative estimate of drug-likeness (QED) is 0.776. The molecule has 6 nitrogen and oxygen atoms in total. The van der Waals surface area contributed by atoms with Gasteiger partial charge in [0.05, 0.1) is 5.69 Å². The van der Waals surface area contributed by atoms with Crippen molar-refractivity contribution in [1.29, 1.82) is 0 Å². The highest BCUT2D eigenvalue weighted by atomic mass is 16.3. The maximum atomic E-state index is 9.39. The molecule has 118 valence electrons. The summed E-state index contributed by atoms with van der Waals surface area (Å²) in [7, 11) is 0. The molecule has 0 fully saturated rings. The second kappa shape index (κ2) is 5.89. The van der Waals surface area contributed by atoms with Crippen molar-refractivity contribution >= 4 is 0 Å². The molecule has 1 aliphatic heterocycles. The largest absolute Gasteiger partial charge is 0.508 e. The van der Waals surface area contributed by atoms with Crippen LogP contribution in [-0.4, -0.2) is 31.0 Å². The molecule has 0 bridgehead atoms. The van der Waals surface area contributed by atoms with Crippen molar-refractivity contribution in [3.63, 3.8) is 0 Å². The van der Waals surface area contributed by atoms with E-state index >= 15 is 0 Å². The van der Waals surface area contributed by atoms with E-state index < -0.39 is 0 Å². The Kier molecular flexibility index (Phi) is 3.59. The van der Waals surface area contributed by atoms with Crippen LogP contribution in [0.15, 0.2) is 42.7 Å². The summed E-state index contributed by atoms with van der Waals surface area (Å²) < 4.78 is 4.16. The SMILES string of the molecule is Oc1ccc(Cn2ccnc2-c2cc3n(n2)CCCNC3)cc1. The number of nitrogens with zero attached hydrogens (tertiary/aromatic N) is 4. The van der Waals surface area contributed by atoms with Crippen LogP contribution in [0, 0.1) is 0 Å². The monoisotopic (exact) mass is 309 g/mol. The molecule has 0 aliphatic carbocycles. The summed E-state index contributed by atoms with van der Waals surface area (Å²) in [6.07, 6.45) is 4.86. The van der Waals surface area contributed by atoms with Crippen molar-refractivity contribution in [2.24, 2.45) is 0 Å². The van der Waals surface area contributed by atoms with Gasteiger partial charge >= 0.3 is 0 Å². The standard InChI is InChI=1S/C17H19N5O/c23-15-4-2-13(3-5-15)12-21-9-7-19-17(21)16-10-14-11-18-6-1-8-22(14)20-16/h2-5,7,9-10,18,23H,1,6,8,11-12H2. The number of aromatic hydroxyl groups is 1. The fourth-order valence-electron chi connectivity index (χ4n) is 2.94. The highest BCUT2D eigenvalue weighted by Crippen LogP contribution is 2.20. The van der Waals surface area contributed by atoms with Gasteiger partial charge in [0.25, 0.3) is 0 Å². The van der Waals surface area contributed by atoms with Crippen LogP contribution >= 0.6 is 0 Å². The number of phenols is 1. The van der Waals surface area contributed by atoms with Gasteiger partial charge in [-0.15, -0.1) is 0 Å². The van der Waals surface area contributed by atoms with E-state index in [4.69, 9.17) is 5.10 Å². The molecule has 2 aromatic heterocycles. The van der Waals surface area contributed by atoms with Crippen LogP contribution in [0.1, 0.15) is 17.7 Å². The summed E-state index contributed by atoms with van der Waals surface area (Å²) in [5.74, 6) is 1.16. The Morgan fingerprint density at radius 2 is 2.09 bits per heavy atom. The van der Waals surface area contributed by atoms with E-state index in [0.29, 0.717) is 6.54 Å². The molecule has 3 aromatic rings. The molecular formula is C17H19N5O. The molecule has 0 saturated carbocycles. The van der Waals surface area contributed by atoms with Gasteiger partial charge < -0.3 is 15.0 Å². The minimum Gasteiger partial charge on any atom is -0.508 e. The predicted octanol–water partition coefficient (Wildman–Crippen LogP) is 1.99. The normalized spacial score (nSPS) is 14.4. The summed E-state index contributed by atoms with van der Waals surface area (Å²) in [5.41, 5.74) is 3.23. The van der Waals surface area contributed by atoms with E-state index in [0.717, 1.165) is 43.1 Å². The molecule has 1 aromatic carbocycles. The van der Waals surface area contributed by atoms with Crippen LogP contribution in [0.2, 0.25) is 0 Å². The van der Waals surface area contributed by atoms with Crippen molar-refractivity contribution < 1.29 is 5.11 Å². The molecule has 2 N–H and O–H groups in total. The average molecular weight is 309 g/mol. The topological polar surface area (TPSA) is 67.9 Å². The molecule has 0 atom stereocenters. The first-order chi connectivity index (χ1) is 11.3. The lowest BCUT2D eigenvalue weighted by Gasteiger charge is -2.06. The molecule has 3 heterocycles. The highest BCUT2D eigenvalue weighted by molar-refractivity contribution is 5.50. The van der Waals surface area contributed by atoms with Crippen molar-refractivity contribution in [3.8, 4) is 17.3 Å². The third-order valence-electron chi connectivity index (χ3n) is 4.13. The molecule has 0 radical (unpaired) electrons. The molecule has 6 heteroatoms. The Morgan fingerprint density at radius 1 is 1.22 bits per heavy atom. The second-order valence-electron chi connectivity index (χ2n) is 5.82. The first-order valence-corrected chi connectivity index (χ1v) is 7.86. The van der Waals surface area contributed by atoms with Gasteiger partial charge in [-0.3, -0.25) is 4.68 Å². The van der Waals surface area contributed by atoms with E-state index in [9.17, 15) is 5.11 Å². The van der Waals surface area contributed by atoms with Crippen molar-refractivity contribution in [2.75, 3.05) is 6.54 Å². The molecular weight excluding hydrogens is 290 g/mol. The number of aromatic nitrogens is 4. The Labute approximate surface area is 134 Å². The number of rotatable bonds is 3. The van der Waals surface area contributed by atoms with Crippen molar-refractivity contribution in [2.45, 2.75) is 26.1 Å². The summed E-state index contributed by atoms with van der Waals surface area (Å²) in [6.45, 7) is 3.54.